The van der Waals surface area contributed by atoms with Crippen LogP contribution in [0.5, 0.6) is 0 Å². The van der Waals surface area contributed by atoms with Crippen LogP contribution in [0.15, 0.2) is 95.9 Å². The van der Waals surface area contributed by atoms with Gasteiger partial charge in [-0.3, -0.25) is 0 Å². The number of halogens is 5. The van der Waals surface area contributed by atoms with Crippen LogP contribution in [0.2, 0.25) is 0 Å². The molecule has 0 aliphatic carbocycles. The molecule has 6 aromatic rings. The van der Waals surface area contributed by atoms with Crippen LogP contribution in [0.4, 0.5) is 13.2 Å². The maximum Gasteiger partial charge on any atom is 0.416 e. The molecule has 3 aromatic carbocycles. The first kappa shape index (κ1) is 23.5. The third-order valence-electron chi connectivity index (χ3n) is 6.17. The average molecular weight is 557 g/mol. The molecule has 0 spiro atoms. The molecule has 0 aliphatic heterocycles. The minimum Gasteiger partial charge on any atom is -1.00 e. The fourth-order valence-electron chi connectivity index (χ4n) is 4.59. The molecular formula is C27H18BrClF3N3. The van der Waals surface area contributed by atoms with Crippen LogP contribution in [-0.2, 0) is 12.7 Å². The Hall–Kier alpha value is -3.29. The van der Waals surface area contributed by atoms with Crippen LogP contribution in [-0.4, -0.2) is 9.38 Å². The summed E-state index contributed by atoms with van der Waals surface area (Å²) >= 11 is 3.51. The van der Waals surface area contributed by atoms with E-state index in [0.29, 0.717) is 6.54 Å². The molecule has 0 amide bonds. The van der Waals surface area contributed by atoms with Gasteiger partial charge in [0.2, 0.25) is 11.8 Å². The van der Waals surface area contributed by atoms with Gasteiger partial charge in [0.1, 0.15) is 6.54 Å². The zero-order valence-corrected chi connectivity index (χ0v) is 20.5. The lowest BCUT2D eigenvalue weighted by molar-refractivity contribution is -0.676. The standard InChI is InChI=1S/C27H18BrF3N3.ClH/c28-20-11-7-18(8-12-20)25-26-24-22(21-3-1-2-4-23(21)32-24)13-14-33(26)16-34(25)15-17-5-9-19(10-6-17)27(29,30)31;/h1-14,16,32H,15H2;1H/q+1;/p-1. The summed E-state index contributed by atoms with van der Waals surface area (Å²) in [7, 11) is 0. The third-order valence-corrected chi connectivity index (χ3v) is 6.70. The SMILES string of the molecule is FC(F)(F)c1ccc(C[n+]2cn3ccc4c5ccccc5[nH]c4c3c2-c2ccc(Br)cc2)cc1.[Cl-]. The fourth-order valence-corrected chi connectivity index (χ4v) is 4.85. The second-order valence-electron chi connectivity index (χ2n) is 8.32. The van der Waals surface area contributed by atoms with Crippen molar-refractivity contribution in [3.8, 4) is 11.3 Å². The van der Waals surface area contributed by atoms with Crippen molar-refractivity contribution in [2.24, 2.45) is 0 Å². The fraction of sp³-hybridized carbons (Fsp3) is 0.0741. The van der Waals surface area contributed by atoms with E-state index >= 15 is 0 Å². The molecule has 0 aliphatic rings. The van der Waals surface area contributed by atoms with Crippen LogP contribution in [0.25, 0.3) is 38.6 Å². The monoisotopic (exact) mass is 555 g/mol. The van der Waals surface area contributed by atoms with Gasteiger partial charge in [-0.05, 0) is 54.1 Å². The number of H-pyrrole nitrogens is 1. The van der Waals surface area contributed by atoms with Gasteiger partial charge in [-0.25, -0.2) is 4.57 Å². The molecule has 0 unspecified atom stereocenters. The molecular weight excluding hydrogens is 539 g/mol. The Balaban J connectivity index is 0.00000253. The summed E-state index contributed by atoms with van der Waals surface area (Å²) in [6, 6.07) is 23.7. The molecule has 35 heavy (non-hydrogen) atoms. The van der Waals surface area contributed by atoms with Crippen molar-refractivity contribution in [3.63, 3.8) is 0 Å². The minimum absolute atomic E-state index is 0. The molecule has 0 bridgehead atoms. The number of para-hydroxylation sites is 1. The molecule has 1 N–H and O–H groups in total. The molecule has 0 fully saturated rings. The quantitative estimate of drug-likeness (QED) is 0.313. The van der Waals surface area contributed by atoms with Gasteiger partial charge in [-0.2, -0.15) is 17.6 Å². The zero-order valence-electron chi connectivity index (χ0n) is 18.2. The molecule has 0 radical (unpaired) electrons. The topological polar surface area (TPSA) is 24.1 Å². The summed E-state index contributed by atoms with van der Waals surface area (Å²) in [6.07, 6.45) is -0.320. The number of rotatable bonds is 3. The number of imidazole rings is 1. The van der Waals surface area contributed by atoms with E-state index in [2.05, 4.69) is 48.1 Å². The van der Waals surface area contributed by atoms with E-state index < -0.39 is 11.7 Å². The lowest BCUT2D eigenvalue weighted by Gasteiger charge is -2.08. The average Bonchev–Trinajstić information content (AvgIpc) is 3.37. The van der Waals surface area contributed by atoms with Crippen LogP contribution >= 0.6 is 15.9 Å². The van der Waals surface area contributed by atoms with E-state index in [-0.39, 0.29) is 12.4 Å². The first-order valence-electron chi connectivity index (χ1n) is 10.7. The van der Waals surface area contributed by atoms with Crippen molar-refractivity contribution in [1.82, 2.24) is 9.38 Å². The van der Waals surface area contributed by atoms with Crippen molar-refractivity contribution in [1.29, 1.82) is 0 Å². The summed E-state index contributed by atoms with van der Waals surface area (Å²) in [5.41, 5.74) is 5.25. The van der Waals surface area contributed by atoms with Crippen molar-refractivity contribution >= 4 is 43.3 Å². The maximum absolute atomic E-state index is 13.0. The number of aromatic amines is 1. The lowest BCUT2D eigenvalue weighted by Crippen LogP contribution is -3.00. The lowest BCUT2D eigenvalue weighted by atomic mass is 10.1. The van der Waals surface area contributed by atoms with Gasteiger partial charge in [0.25, 0.3) is 0 Å². The van der Waals surface area contributed by atoms with Gasteiger partial charge in [-0.1, -0.05) is 46.3 Å². The van der Waals surface area contributed by atoms with Crippen LogP contribution < -0.4 is 17.0 Å². The van der Waals surface area contributed by atoms with Gasteiger partial charge < -0.3 is 17.4 Å². The second-order valence-corrected chi connectivity index (χ2v) is 9.24. The highest BCUT2D eigenvalue weighted by Crippen LogP contribution is 2.33. The summed E-state index contributed by atoms with van der Waals surface area (Å²) in [5, 5.41) is 2.28. The Labute approximate surface area is 213 Å². The largest absolute Gasteiger partial charge is 1.00 e. The predicted molar refractivity (Wildman–Crippen MR) is 131 cm³/mol. The highest BCUT2D eigenvalue weighted by Gasteiger charge is 2.30. The summed E-state index contributed by atoms with van der Waals surface area (Å²) < 4.78 is 44.2. The Bertz CT molecular complexity index is 1670. The molecule has 0 atom stereocenters. The van der Waals surface area contributed by atoms with E-state index in [0.717, 1.165) is 60.7 Å². The summed E-state index contributed by atoms with van der Waals surface area (Å²) in [6.45, 7) is 0.437. The van der Waals surface area contributed by atoms with E-state index in [1.165, 1.54) is 0 Å². The van der Waals surface area contributed by atoms with Gasteiger partial charge in [0.15, 0.2) is 5.69 Å². The number of nitrogens with zero attached hydrogens (tertiary/aromatic N) is 2. The van der Waals surface area contributed by atoms with Crippen molar-refractivity contribution < 1.29 is 30.1 Å². The summed E-state index contributed by atoms with van der Waals surface area (Å²) in [5.74, 6) is 0. The molecule has 3 aromatic heterocycles. The molecule has 3 heterocycles. The number of aromatic nitrogens is 3. The van der Waals surface area contributed by atoms with Gasteiger partial charge in [0, 0.05) is 26.3 Å². The highest BCUT2D eigenvalue weighted by atomic mass is 79.9. The smallest absolute Gasteiger partial charge is 0.416 e. The first-order chi connectivity index (χ1) is 16.4. The number of nitrogens with one attached hydrogen (secondary N) is 1. The Morgan fingerprint density at radius 1 is 0.857 bits per heavy atom. The minimum atomic E-state index is -4.35. The Kier molecular flexibility index (Phi) is 5.85. The summed E-state index contributed by atoms with van der Waals surface area (Å²) in [4.78, 5) is 3.58. The molecule has 0 saturated carbocycles. The Morgan fingerprint density at radius 2 is 1.57 bits per heavy atom. The van der Waals surface area contributed by atoms with E-state index in [9.17, 15) is 13.2 Å². The van der Waals surface area contributed by atoms with E-state index in [4.69, 9.17) is 0 Å². The zero-order chi connectivity index (χ0) is 23.4. The molecule has 176 valence electrons. The number of fused-ring (bicyclic) bond motifs is 5. The first-order valence-corrected chi connectivity index (χ1v) is 11.5. The van der Waals surface area contributed by atoms with Crippen LogP contribution in [0.3, 0.4) is 0 Å². The number of alkyl halides is 3. The van der Waals surface area contributed by atoms with E-state index in [1.807, 2.05) is 48.9 Å². The predicted octanol–water partition coefficient (Wildman–Crippen LogP) is 4.36. The number of pyridine rings is 1. The van der Waals surface area contributed by atoms with Crippen LogP contribution in [0, 0.1) is 0 Å². The van der Waals surface area contributed by atoms with E-state index in [1.54, 1.807) is 12.1 Å². The Morgan fingerprint density at radius 3 is 2.29 bits per heavy atom. The maximum atomic E-state index is 13.0. The molecule has 3 nitrogen and oxygen atoms in total. The normalized spacial score (nSPS) is 11.9. The van der Waals surface area contributed by atoms with Gasteiger partial charge in [-0.15, -0.1) is 0 Å². The number of hydrogen-bond donors (Lipinski definition) is 1. The van der Waals surface area contributed by atoms with Crippen molar-refractivity contribution in [2.45, 2.75) is 12.7 Å². The van der Waals surface area contributed by atoms with Gasteiger partial charge in [0.05, 0.1) is 17.3 Å². The molecule has 6 rings (SSSR count). The second kappa shape index (κ2) is 8.73. The van der Waals surface area contributed by atoms with Crippen molar-refractivity contribution in [2.75, 3.05) is 0 Å². The third kappa shape index (κ3) is 4.09. The van der Waals surface area contributed by atoms with Crippen molar-refractivity contribution in [3.05, 3.63) is 107 Å². The number of hydrogen-bond acceptors (Lipinski definition) is 0. The van der Waals surface area contributed by atoms with Gasteiger partial charge >= 0.3 is 6.18 Å². The highest BCUT2D eigenvalue weighted by molar-refractivity contribution is 9.10. The molecule has 8 heteroatoms. The number of benzene rings is 3. The molecule has 0 saturated heterocycles. The van der Waals surface area contributed by atoms with Crippen LogP contribution in [0.1, 0.15) is 11.1 Å².